The summed E-state index contributed by atoms with van der Waals surface area (Å²) in [6, 6.07) is 1.73. The van der Waals surface area contributed by atoms with Crippen LogP contribution in [0.4, 0.5) is 0 Å². The lowest BCUT2D eigenvalue weighted by Crippen LogP contribution is -2.40. The van der Waals surface area contributed by atoms with E-state index in [1.165, 1.54) is 6.92 Å². The highest BCUT2D eigenvalue weighted by molar-refractivity contribution is 6.01. The van der Waals surface area contributed by atoms with E-state index in [1.807, 2.05) is 0 Å². The van der Waals surface area contributed by atoms with Gasteiger partial charge in [-0.05, 0) is 13.8 Å². The first kappa shape index (κ1) is 7.76. The monoisotopic (exact) mass is 152 g/mol. The first-order valence-corrected chi connectivity index (χ1v) is 3.15. The minimum absolute atomic E-state index is 0.00926. The first-order chi connectivity index (χ1) is 4.99. The minimum atomic E-state index is -1.35. The second-order valence-electron chi connectivity index (χ2n) is 2.64. The third-order valence-electron chi connectivity index (χ3n) is 1.80. The normalized spacial score (nSPS) is 30.2. The average Bonchev–Trinajstić information content (AvgIpc) is 2.04. The van der Waals surface area contributed by atoms with E-state index in [-0.39, 0.29) is 5.57 Å². The summed E-state index contributed by atoms with van der Waals surface area (Å²) in [6.07, 6.45) is 0. The molecule has 4 heteroatoms. The van der Waals surface area contributed by atoms with Crippen molar-refractivity contribution in [3.05, 3.63) is 11.1 Å². The Bertz CT molecular complexity index is 283. The Morgan fingerprint density at radius 2 is 2.27 bits per heavy atom. The van der Waals surface area contributed by atoms with E-state index in [4.69, 9.17) is 5.26 Å². The third kappa shape index (κ3) is 0.994. The van der Waals surface area contributed by atoms with Crippen LogP contribution in [0.15, 0.2) is 11.1 Å². The molecule has 58 valence electrons. The van der Waals surface area contributed by atoms with E-state index in [0.29, 0.717) is 5.57 Å². The van der Waals surface area contributed by atoms with Gasteiger partial charge in [-0.25, -0.2) is 0 Å². The fraction of sp³-hybridized carbons (Fsp3) is 0.429. The van der Waals surface area contributed by atoms with Crippen LogP contribution in [-0.4, -0.2) is 16.7 Å². The summed E-state index contributed by atoms with van der Waals surface area (Å²) < 4.78 is 0. The zero-order valence-electron chi connectivity index (χ0n) is 6.30. The summed E-state index contributed by atoms with van der Waals surface area (Å²) in [6.45, 7) is 2.99. The van der Waals surface area contributed by atoms with Gasteiger partial charge in [0.1, 0.15) is 11.6 Å². The van der Waals surface area contributed by atoms with E-state index in [0.717, 1.165) is 0 Å². The van der Waals surface area contributed by atoms with Crippen LogP contribution in [0, 0.1) is 11.3 Å². The van der Waals surface area contributed by atoms with Gasteiger partial charge in [-0.1, -0.05) is 0 Å². The highest BCUT2D eigenvalue weighted by atomic mass is 16.3. The maximum absolute atomic E-state index is 10.9. The molecular formula is C7H8N2O2. The van der Waals surface area contributed by atoms with Crippen molar-refractivity contribution in [3.8, 4) is 6.07 Å². The Kier molecular flexibility index (Phi) is 1.46. The number of hydrogen-bond acceptors (Lipinski definition) is 3. The van der Waals surface area contributed by atoms with Gasteiger partial charge >= 0.3 is 0 Å². The second kappa shape index (κ2) is 2.07. The topological polar surface area (TPSA) is 73.1 Å². The minimum Gasteiger partial charge on any atom is -0.367 e. The van der Waals surface area contributed by atoms with E-state index in [2.05, 4.69) is 5.32 Å². The number of aliphatic hydroxyl groups is 1. The molecule has 1 heterocycles. The van der Waals surface area contributed by atoms with Crippen molar-refractivity contribution in [1.29, 1.82) is 5.26 Å². The van der Waals surface area contributed by atoms with Gasteiger partial charge in [-0.3, -0.25) is 4.79 Å². The van der Waals surface area contributed by atoms with Crippen LogP contribution in [0.25, 0.3) is 0 Å². The maximum atomic E-state index is 10.9. The molecule has 0 bridgehead atoms. The molecule has 0 aromatic rings. The van der Waals surface area contributed by atoms with Crippen LogP contribution < -0.4 is 5.32 Å². The summed E-state index contributed by atoms with van der Waals surface area (Å²) in [4.78, 5) is 10.9. The number of hydrogen-bond donors (Lipinski definition) is 2. The van der Waals surface area contributed by atoms with Gasteiger partial charge < -0.3 is 10.4 Å². The highest BCUT2D eigenvalue weighted by Crippen LogP contribution is 2.23. The predicted octanol–water partition coefficient (Wildman–Crippen LogP) is -0.335. The lowest BCUT2D eigenvalue weighted by molar-refractivity contribution is -0.119. The van der Waals surface area contributed by atoms with Crippen LogP contribution in [0.5, 0.6) is 0 Å². The average molecular weight is 152 g/mol. The van der Waals surface area contributed by atoms with Gasteiger partial charge in [0.05, 0.1) is 0 Å². The Hall–Kier alpha value is -1.34. The number of nitrogens with one attached hydrogen (secondary N) is 1. The van der Waals surface area contributed by atoms with Crippen LogP contribution in [0.1, 0.15) is 13.8 Å². The summed E-state index contributed by atoms with van der Waals surface area (Å²) in [5.41, 5.74) is -0.956. The molecule has 0 aromatic heterocycles. The van der Waals surface area contributed by atoms with Gasteiger partial charge in [0.15, 0.2) is 5.72 Å². The Balaban J connectivity index is 3.18. The molecule has 0 radical (unpaired) electrons. The number of carbonyl (C=O) groups excluding carboxylic acids is 1. The van der Waals surface area contributed by atoms with Crippen molar-refractivity contribution in [2.75, 3.05) is 0 Å². The van der Waals surface area contributed by atoms with E-state index < -0.39 is 11.6 Å². The summed E-state index contributed by atoms with van der Waals surface area (Å²) >= 11 is 0. The van der Waals surface area contributed by atoms with E-state index in [9.17, 15) is 9.90 Å². The Morgan fingerprint density at radius 3 is 2.45 bits per heavy atom. The fourth-order valence-electron chi connectivity index (χ4n) is 0.926. The SMILES string of the molecule is CC1=C(C#N)C(=O)N[C@@]1(C)O. The van der Waals surface area contributed by atoms with Crippen molar-refractivity contribution >= 4 is 5.91 Å². The molecule has 1 amide bonds. The molecule has 1 aliphatic rings. The molecule has 1 aliphatic heterocycles. The van der Waals surface area contributed by atoms with Crippen LogP contribution >= 0.6 is 0 Å². The van der Waals surface area contributed by atoms with Crippen molar-refractivity contribution in [3.63, 3.8) is 0 Å². The van der Waals surface area contributed by atoms with Crippen molar-refractivity contribution in [2.45, 2.75) is 19.6 Å². The molecule has 0 unspecified atom stereocenters. The first-order valence-electron chi connectivity index (χ1n) is 3.15. The summed E-state index contributed by atoms with van der Waals surface area (Å²) in [5, 5.41) is 20.1. The molecule has 0 saturated heterocycles. The molecule has 4 nitrogen and oxygen atoms in total. The molecule has 0 spiro atoms. The quantitative estimate of drug-likeness (QED) is 0.499. The van der Waals surface area contributed by atoms with Crippen LogP contribution in [-0.2, 0) is 4.79 Å². The molecular weight excluding hydrogens is 144 g/mol. The summed E-state index contributed by atoms with van der Waals surface area (Å²) in [5.74, 6) is -0.505. The predicted molar refractivity (Wildman–Crippen MR) is 37.1 cm³/mol. The van der Waals surface area contributed by atoms with Crippen molar-refractivity contribution in [1.82, 2.24) is 5.32 Å². The molecule has 2 N–H and O–H groups in total. The molecule has 0 fully saturated rings. The molecule has 0 saturated carbocycles. The number of amides is 1. The lowest BCUT2D eigenvalue weighted by Gasteiger charge is -2.17. The Morgan fingerprint density at radius 1 is 1.73 bits per heavy atom. The molecule has 1 atom stereocenters. The molecule has 11 heavy (non-hydrogen) atoms. The van der Waals surface area contributed by atoms with Gasteiger partial charge in [0, 0.05) is 5.57 Å². The lowest BCUT2D eigenvalue weighted by atomic mass is 10.1. The van der Waals surface area contributed by atoms with Gasteiger partial charge in [0.2, 0.25) is 0 Å². The van der Waals surface area contributed by atoms with Crippen LogP contribution in [0.2, 0.25) is 0 Å². The van der Waals surface area contributed by atoms with Crippen molar-refractivity contribution < 1.29 is 9.90 Å². The van der Waals surface area contributed by atoms with E-state index in [1.54, 1.807) is 13.0 Å². The summed E-state index contributed by atoms with van der Waals surface area (Å²) in [7, 11) is 0. The largest absolute Gasteiger partial charge is 0.367 e. The fourth-order valence-corrected chi connectivity index (χ4v) is 0.926. The smallest absolute Gasteiger partial charge is 0.264 e. The van der Waals surface area contributed by atoms with Gasteiger partial charge in [-0.2, -0.15) is 5.26 Å². The van der Waals surface area contributed by atoms with Crippen molar-refractivity contribution in [2.24, 2.45) is 0 Å². The van der Waals surface area contributed by atoms with E-state index >= 15 is 0 Å². The molecule has 0 aliphatic carbocycles. The standard InChI is InChI=1S/C7H8N2O2/c1-4-5(3-8)6(10)9-7(4,2)11/h11H,1-2H3,(H,9,10)/t7-/m0/s1. The third-order valence-corrected chi connectivity index (χ3v) is 1.80. The zero-order chi connectivity index (χ0) is 8.65. The van der Waals surface area contributed by atoms with Gasteiger partial charge in [0.25, 0.3) is 5.91 Å². The van der Waals surface area contributed by atoms with Gasteiger partial charge in [-0.15, -0.1) is 0 Å². The van der Waals surface area contributed by atoms with Crippen LogP contribution in [0.3, 0.4) is 0 Å². The molecule has 1 rings (SSSR count). The molecule has 0 aromatic carbocycles. The number of carbonyl (C=O) groups is 1. The Labute approximate surface area is 64.1 Å². The second-order valence-corrected chi connectivity index (χ2v) is 2.64. The zero-order valence-corrected chi connectivity index (χ0v) is 6.30. The maximum Gasteiger partial charge on any atom is 0.264 e. The number of nitriles is 1. The number of nitrogens with zero attached hydrogens (tertiary/aromatic N) is 1. The number of rotatable bonds is 0. The highest BCUT2D eigenvalue weighted by Gasteiger charge is 2.36.